The normalized spacial score (nSPS) is 15.2. The van der Waals surface area contributed by atoms with Crippen LogP contribution in [0.1, 0.15) is 27.2 Å². The highest BCUT2D eigenvalue weighted by atomic mass is 32.1. The van der Waals surface area contributed by atoms with Crippen LogP contribution in [-0.2, 0) is 0 Å². The molecule has 0 aromatic heterocycles. The van der Waals surface area contributed by atoms with Crippen LogP contribution in [0.25, 0.3) is 0 Å². The first-order valence-corrected chi connectivity index (χ1v) is 4.57. The van der Waals surface area contributed by atoms with E-state index < -0.39 is 0 Å². The molecule has 0 unspecified atom stereocenters. The van der Waals surface area contributed by atoms with Crippen molar-refractivity contribution in [3.63, 3.8) is 0 Å². The Morgan fingerprint density at radius 1 is 1.33 bits per heavy atom. The van der Waals surface area contributed by atoms with E-state index in [9.17, 15) is 0 Å². The Bertz CT molecular complexity index is 224. The maximum Gasteiger partial charge on any atom is 0.00804 e. The number of nitrogens with two attached hydrogens (primary N) is 1. The highest BCUT2D eigenvalue weighted by molar-refractivity contribution is 7.83. The van der Waals surface area contributed by atoms with Gasteiger partial charge in [-0.3, -0.25) is 0 Å². The minimum Gasteiger partial charge on any atom is -0.402 e. The molecule has 0 spiro atoms. The Morgan fingerprint density at radius 3 is 2.33 bits per heavy atom. The Kier molecular flexibility index (Phi) is 5.64. The molecule has 0 atom stereocenters. The summed E-state index contributed by atoms with van der Waals surface area (Å²) in [5, 5.41) is 1.73. The van der Waals surface area contributed by atoms with Gasteiger partial charge < -0.3 is 5.73 Å². The van der Waals surface area contributed by atoms with E-state index in [1.807, 2.05) is 32.9 Å². The molecule has 2 heteroatoms. The van der Waals surface area contributed by atoms with Crippen molar-refractivity contribution in [2.45, 2.75) is 27.2 Å². The van der Waals surface area contributed by atoms with E-state index in [2.05, 4.69) is 12.6 Å². The van der Waals surface area contributed by atoms with E-state index in [0.29, 0.717) is 0 Å². The zero-order valence-electron chi connectivity index (χ0n) is 7.96. The highest BCUT2D eigenvalue weighted by Gasteiger charge is 1.90. The van der Waals surface area contributed by atoms with Crippen molar-refractivity contribution in [3.05, 3.63) is 34.4 Å². The third-order valence-electron chi connectivity index (χ3n) is 1.76. The Labute approximate surface area is 80.4 Å². The van der Waals surface area contributed by atoms with Gasteiger partial charge in [0.15, 0.2) is 0 Å². The summed E-state index contributed by atoms with van der Waals surface area (Å²) < 4.78 is 0. The van der Waals surface area contributed by atoms with E-state index in [4.69, 9.17) is 5.73 Å². The van der Waals surface area contributed by atoms with Crippen LogP contribution in [0, 0.1) is 0 Å². The van der Waals surface area contributed by atoms with E-state index in [1.165, 1.54) is 11.1 Å². The van der Waals surface area contributed by atoms with Crippen molar-refractivity contribution in [3.8, 4) is 0 Å². The second-order valence-corrected chi connectivity index (χ2v) is 3.05. The maximum absolute atomic E-state index is 5.69. The summed E-state index contributed by atoms with van der Waals surface area (Å²) in [6.07, 6.45) is 4.86. The summed E-state index contributed by atoms with van der Waals surface area (Å²) in [7, 11) is 0. The first-order valence-electron chi connectivity index (χ1n) is 4.06. The fourth-order valence-corrected chi connectivity index (χ4v) is 0.961. The van der Waals surface area contributed by atoms with Crippen LogP contribution in [0.2, 0.25) is 0 Å². The van der Waals surface area contributed by atoms with Crippen LogP contribution in [0.5, 0.6) is 0 Å². The van der Waals surface area contributed by atoms with Gasteiger partial charge in [-0.2, -0.15) is 12.6 Å². The molecule has 12 heavy (non-hydrogen) atoms. The minimum atomic E-state index is 0.898. The largest absolute Gasteiger partial charge is 0.402 e. The molecule has 0 saturated heterocycles. The van der Waals surface area contributed by atoms with Gasteiger partial charge in [0.25, 0.3) is 0 Å². The van der Waals surface area contributed by atoms with Gasteiger partial charge in [-0.1, -0.05) is 13.0 Å². The van der Waals surface area contributed by atoms with Crippen molar-refractivity contribution in [2.75, 3.05) is 0 Å². The zero-order chi connectivity index (χ0) is 9.56. The number of allylic oxidation sites excluding steroid dienone is 5. The van der Waals surface area contributed by atoms with Crippen molar-refractivity contribution in [2.24, 2.45) is 5.73 Å². The Hall–Kier alpha value is -0.630. The van der Waals surface area contributed by atoms with Gasteiger partial charge in [0.2, 0.25) is 0 Å². The van der Waals surface area contributed by atoms with Gasteiger partial charge in [-0.25, -0.2) is 0 Å². The minimum absolute atomic E-state index is 0.898. The molecule has 0 aliphatic carbocycles. The van der Waals surface area contributed by atoms with Crippen molar-refractivity contribution in [1.29, 1.82) is 0 Å². The molecule has 0 saturated carbocycles. The van der Waals surface area contributed by atoms with Gasteiger partial charge >= 0.3 is 0 Å². The van der Waals surface area contributed by atoms with Crippen LogP contribution >= 0.6 is 12.6 Å². The molecule has 0 aliphatic rings. The molecule has 0 bridgehead atoms. The molecule has 0 fully saturated rings. The fourth-order valence-electron chi connectivity index (χ4n) is 0.737. The molecule has 0 rings (SSSR count). The van der Waals surface area contributed by atoms with Gasteiger partial charge in [-0.05, 0) is 42.9 Å². The van der Waals surface area contributed by atoms with E-state index in [-0.39, 0.29) is 0 Å². The van der Waals surface area contributed by atoms with E-state index in [0.717, 1.165) is 12.1 Å². The SMILES string of the molecule is CC/C(N)=C/C(C)=C(C)/C=C\S. The number of thiol groups is 1. The van der Waals surface area contributed by atoms with Gasteiger partial charge in [0.05, 0.1) is 0 Å². The number of hydrogen-bond donors (Lipinski definition) is 2. The van der Waals surface area contributed by atoms with Crippen molar-refractivity contribution in [1.82, 2.24) is 0 Å². The summed E-state index contributed by atoms with van der Waals surface area (Å²) in [6, 6.07) is 0. The van der Waals surface area contributed by atoms with Crippen LogP contribution < -0.4 is 5.73 Å². The van der Waals surface area contributed by atoms with Gasteiger partial charge in [-0.15, -0.1) is 0 Å². The number of rotatable bonds is 3. The van der Waals surface area contributed by atoms with Gasteiger partial charge in [0.1, 0.15) is 0 Å². The lowest BCUT2D eigenvalue weighted by Crippen LogP contribution is -1.95. The Morgan fingerprint density at radius 2 is 1.92 bits per heavy atom. The molecule has 0 aromatic rings. The van der Waals surface area contributed by atoms with E-state index in [1.54, 1.807) is 5.41 Å². The molecule has 68 valence electrons. The first kappa shape index (κ1) is 11.4. The maximum atomic E-state index is 5.69. The monoisotopic (exact) mass is 183 g/mol. The summed E-state index contributed by atoms with van der Waals surface area (Å²) >= 11 is 4.00. The average molecular weight is 183 g/mol. The molecule has 0 aliphatic heterocycles. The lowest BCUT2D eigenvalue weighted by atomic mass is 10.1. The van der Waals surface area contributed by atoms with Crippen LogP contribution in [0.4, 0.5) is 0 Å². The molecule has 2 N–H and O–H groups in total. The van der Waals surface area contributed by atoms with E-state index >= 15 is 0 Å². The molecule has 0 aromatic carbocycles. The number of hydrogen-bond acceptors (Lipinski definition) is 2. The smallest absolute Gasteiger partial charge is 0.00804 e. The van der Waals surface area contributed by atoms with Crippen molar-refractivity contribution >= 4 is 12.6 Å². The Balaban J connectivity index is 4.56. The molecule has 1 nitrogen and oxygen atoms in total. The van der Waals surface area contributed by atoms with Crippen LogP contribution in [-0.4, -0.2) is 0 Å². The predicted molar refractivity (Wildman–Crippen MR) is 59.1 cm³/mol. The second-order valence-electron chi connectivity index (χ2n) is 2.75. The third kappa shape index (κ3) is 4.29. The standard InChI is InChI=1S/C10H17NS/c1-4-10(11)7-9(3)8(2)5-6-12/h5-7,12H,4,11H2,1-3H3/b6-5-,9-8+,10-7-. The molecule has 0 amide bonds. The topological polar surface area (TPSA) is 26.0 Å². The zero-order valence-corrected chi connectivity index (χ0v) is 8.86. The second kappa shape index (κ2) is 5.95. The average Bonchev–Trinajstić information content (AvgIpc) is 2.04. The lowest BCUT2D eigenvalue weighted by molar-refractivity contribution is 1.06. The quantitative estimate of drug-likeness (QED) is 0.510. The lowest BCUT2D eigenvalue weighted by Gasteiger charge is -1.99. The summed E-state index contributed by atoms with van der Waals surface area (Å²) in [5.41, 5.74) is 9.00. The fraction of sp³-hybridized carbons (Fsp3) is 0.400. The first-order chi connectivity index (χ1) is 5.61. The predicted octanol–water partition coefficient (Wildman–Crippen LogP) is 3.02. The van der Waals surface area contributed by atoms with Crippen molar-refractivity contribution < 1.29 is 0 Å². The van der Waals surface area contributed by atoms with Crippen LogP contribution in [0.3, 0.4) is 0 Å². The van der Waals surface area contributed by atoms with Gasteiger partial charge in [0, 0.05) is 5.70 Å². The summed E-state index contributed by atoms with van der Waals surface area (Å²) in [4.78, 5) is 0. The van der Waals surface area contributed by atoms with Crippen LogP contribution in [0.15, 0.2) is 34.4 Å². The molecular weight excluding hydrogens is 166 g/mol. The molecule has 0 heterocycles. The summed E-state index contributed by atoms with van der Waals surface area (Å²) in [6.45, 7) is 6.13. The molecular formula is C10H17NS. The summed E-state index contributed by atoms with van der Waals surface area (Å²) in [5.74, 6) is 0. The molecule has 0 radical (unpaired) electrons. The highest BCUT2D eigenvalue weighted by Crippen LogP contribution is 2.08. The third-order valence-corrected chi connectivity index (χ3v) is 1.91.